The van der Waals surface area contributed by atoms with Crippen molar-refractivity contribution in [1.82, 2.24) is 14.3 Å². The van der Waals surface area contributed by atoms with Crippen molar-refractivity contribution in [3.63, 3.8) is 0 Å². The van der Waals surface area contributed by atoms with E-state index in [2.05, 4.69) is 5.32 Å². The summed E-state index contributed by atoms with van der Waals surface area (Å²) < 4.78 is 2.03. The van der Waals surface area contributed by atoms with Crippen LogP contribution >= 0.6 is 24.0 Å². The van der Waals surface area contributed by atoms with Gasteiger partial charge in [-0.3, -0.25) is 18.9 Å². The Bertz CT molecular complexity index is 1280. The molecule has 6 nitrogen and oxygen atoms in total. The number of carbonyl (C=O) groups is 1. The summed E-state index contributed by atoms with van der Waals surface area (Å²) in [4.78, 5) is 33.2. The van der Waals surface area contributed by atoms with Crippen LogP contribution in [0, 0.1) is 6.92 Å². The molecule has 32 heavy (non-hydrogen) atoms. The zero-order valence-electron chi connectivity index (χ0n) is 18.2. The molecule has 3 aromatic rings. The summed E-state index contributed by atoms with van der Waals surface area (Å²) >= 11 is 6.61. The lowest BCUT2D eigenvalue weighted by Crippen LogP contribution is -2.28. The SMILES string of the molecule is CCCN1C(=O)/C(=C\c2c(N[C@@H](C)c3ccccc3)nc3c(C)cccn3c2=O)SC1=S. The number of thioether (sulfide) groups is 1. The number of amides is 1. The number of hydrogen-bond acceptors (Lipinski definition) is 6. The minimum absolute atomic E-state index is 0.0867. The van der Waals surface area contributed by atoms with Crippen LogP contribution in [-0.2, 0) is 4.79 Å². The average molecular weight is 465 g/mol. The van der Waals surface area contributed by atoms with Crippen LogP contribution in [0.2, 0.25) is 0 Å². The molecule has 0 bridgehead atoms. The Morgan fingerprint density at radius 2 is 1.94 bits per heavy atom. The fourth-order valence-electron chi connectivity index (χ4n) is 3.63. The lowest BCUT2D eigenvalue weighted by molar-refractivity contribution is -0.122. The average Bonchev–Trinajstić information content (AvgIpc) is 3.05. The molecule has 1 aliphatic rings. The van der Waals surface area contributed by atoms with Crippen LogP contribution in [0.15, 0.2) is 58.4 Å². The van der Waals surface area contributed by atoms with Gasteiger partial charge in [0.1, 0.15) is 15.8 Å². The first kappa shape index (κ1) is 22.2. The van der Waals surface area contributed by atoms with Gasteiger partial charge in [-0.25, -0.2) is 4.98 Å². The van der Waals surface area contributed by atoms with Gasteiger partial charge in [0.05, 0.1) is 10.5 Å². The summed E-state index contributed by atoms with van der Waals surface area (Å²) in [5.41, 5.74) is 2.64. The minimum atomic E-state index is -0.234. The standard InChI is InChI=1S/C24H24N4O2S2/c1-4-12-28-23(30)19(32-24(28)31)14-18-20(25-16(3)17-10-6-5-7-11-17)26-21-15(2)9-8-13-27(21)22(18)29/h5-11,13-14,16,25H,4,12H2,1-3H3/b19-14+/t16-/m0/s1. The molecule has 164 valence electrons. The molecule has 0 spiro atoms. The third-order valence-electron chi connectivity index (χ3n) is 5.33. The van der Waals surface area contributed by atoms with Gasteiger partial charge >= 0.3 is 0 Å². The second-order valence-electron chi connectivity index (χ2n) is 7.67. The zero-order valence-corrected chi connectivity index (χ0v) is 19.8. The number of carbonyl (C=O) groups excluding carboxylic acids is 1. The molecule has 4 rings (SSSR count). The van der Waals surface area contributed by atoms with Crippen LogP contribution in [0.3, 0.4) is 0 Å². The van der Waals surface area contributed by atoms with E-state index in [0.717, 1.165) is 17.5 Å². The molecule has 1 fully saturated rings. The Balaban J connectivity index is 1.84. The van der Waals surface area contributed by atoms with Crippen LogP contribution in [0.5, 0.6) is 0 Å². The largest absolute Gasteiger partial charge is 0.363 e. The molecule has 0 unspecified atom stereocenters. The minimum Gasteiger partial charge on any atom is -0.363 e. The maximum atomic E-state index is 13.5. The topological polar surface area (TPSA) is 66.7 Å². The highest BCUT2D eigenvalue weighted by atomic mass is 32.2. The number of nitrogens with one attached hydrogen (secondary N) is 1. The van der Waals surface area contributed by atoms with Gasteiger partial charge < -0.3 is 5.32 Å². The molecule has 8 heteroatoms. The second-order valence-corrected chi connectivity index (χ2v) is 9.35. The van der Waals surface area contributed by atoms with Gasteiger partial charge in [-0.15, -0.1) is 0 Å². The van der Waals surface area contributed by atoms with Crippen LogP contribution in [0.4, 0.5) is 5.82 Å². The van der Waals surface area contributed by atoms with Gasteiger partial charge in [0.2, 0.25) is 0 Å². The summed E-state index contributed by atoms with van der Waals surface area (Å²) in [7, 11) is 0. The van der Waals surface area contributed by atoms with Crippen molar-refractivity contribution in [2.45, 2.75) is 33.2 Å². The summed E-state index contributed by atoms with van der Waals surface area (Å²) in [6.07, 6.45) is 4.13. The number of hydrogen-bond donors (Lipinski definition) is 1. The fraction of sp³-hybridized carbons (Fsp3) is 0.250. The molecule has 2 aromatic heterocycles. The monoisotopic (exact) mass is 464 g/mol. The third kappa shape index (κ3) is 4.20. The van der Waals surface area contributed by atoms with Crippen molar-refractivity contribution in [3.05, 3.63) is 80.6 Å². The van der Waals surface area contributed by atoms with Crippen LogP contribution < -0.4 is 10.9 Å². The highest BCUT2D eigenvalue weighted by molar-refractivity contribution is 8.26. The molecule has 1 aromatic carbocycles. The number of nitrogens with zero attached hydrogens (tertiary/aromatic N) is 3. The molecule has 1 amide bonds. The molecule has 0 radical (unpaired) electrons. The molecular formula is C24H24N4O2S2. The quantitative estimate of drug-likeness (QED) is 0.418. The van der Waals surface area contributed by atoms with E-state index in [1.165, 1.54) is 16.2 Å². The number of rotatable bonds is 6. The van der Waals surface area contributed by atoms with Gasteiger partial charge in [0.25, 0.3) is 11.5 Å². The van der Waals surface area contributed by atoms with Crippen molar-refractivity contribution in [2.24, 2.45) is 0 Å². The van der Waals surface area contributed by atoms with Crippen LogP contribution in [-0.4, -0.2) is 31.1 Å². The van der Waals surface area contributed by atoms with Crippen LogP contribution in [0.1, 0.15) is 43.0 Å². The van der Waals surface area contributed by atoms with Gasteiger partial charge in [-0.05, 0) is 43.5 Å². The summed E-state index contributed by atoms with van der Waals surface area (Å²) in [5, 5.41) is 3.39. The lowest BCUT2D eigenvalue weighted by Gasteiger charge is -2.18. The smallest absolute Gasteiger partial charge is 0.267 e. The van der Waals surface area contributed by atoms with Crippen molar-refractivity contribution >= 4 is 51.7 Å². The van der Waals surface area contributed by atoms with E-state index in [4.69, 9.17) is 17.2 Å². The van der Waals surface area contributed by atoms with E-state index in [9.17, 15) is 9.59 Å². The zero-order chi connectivity index (χ0) is 22.8. The van der Waals surface area contributed by atoms with Gasteiger partial charge in [-0.2, -0.15) is 0 Å². The maximum Gasteiger partial charge on any atom is 0.267 e. The van der Waals surface area contributed by atoms with Crippen molar-refractivity contribution in [2.75, 3.05) is 11.9 Å². The van der Waals surface area contributed by atoms with Gasteiger partial charge in [-0.1, -0.05) is 67.3 Å². The van der Waals surface area contributed by atoms with Crippen LogP contribution in [0.25, 0.3) is 11.7 Å². The predicted molar refractivity (Wildman–Crippen MR) is 135 cm³/mol. The Hall–Kier alpha value is -2.97. The van der Waals surface area contributed by atoms with E-state index in [0.29, 0.717) is 32.8 Å². The highest BCUT2D eigenvalue weighted by Gasteiger charge is 2.32. The van der Waals surface area contributed by atoms with E-state index in [1.807, 2.05) is 63.2 Å². The summed E-state index contributed by atoms with van der Waals surface area (Å²) in [6, 6.07) is 13.6. The number of fused-ring (bicyclic) bond motifs is 1. The highest BCUT2D eigenvalue weighted by Crippen LogP contribution is 2.33. The number of benzene rings is 1. The molecule has 0 saturated carbocycles. The molecular weight excluding hydrogens is 440 g/mol. The molecule has 1 atom stereocenters. The normalized spacial score (nSPS) is 16.2. The molecule has 1 N–H and O–H groups in total. The number of thiocarbonyl (C=S) groups is 1. The van der Waals surface area contributed by atoms with Crippen molar-refractivity contribution < 1.29 is 4.79 Å². The number of pyridine rings is 1. The molecule has 1 aliphatic heterocycles. The first-order valence-corrected chi connectivity index (χ1v) is 11.7. The number of aryl methyl sites for hydroxylation is 1. The van der Waals surface area contributed by atoms with E-state index in [1.54, 1.807) is 17.2 Å². The fourth-order valence-corrected chi connectivity index (χ4v) is 4.92. The Kier molecular flexibility index (Phi) is 6.43. The summed E-state index contributed by atoms with van der Waals surface area (Å²) in [6.45, 7) is 6.49. The maximum absolute atomic E-state index is 13.5. The predicted octanol–water partition coefficient (Wildman–Crippen LogP) is 4.79. The first-order chi connectivity index (χ1) is 15.4. The first-order valence-electron chi connectivity index (χ1n) is 10.5. The Morgan fingerprint density at radius 1 is 1.19 bits per heavy atom. The summed E-state index contributed by atoms with van der Waals surface area (Å²) in [5.74, 6) is 0.277. The molecule has 0 aliphatic carbocycles. The van der Waals surface area contributed by atoms with Crippen molar-refractivity contribution in [3.8, 4) is 0 Å². The van der Waals surface area contributed by atoms with Crippen molar-refractivity contribution in [1.29, 1.82) is 0 Å². The third-order valence-corrected chi connectivity index (χ3v) is 6.71. The van der Waals surface area contributed by atoms with E-state index in [-0.39, 0.29) is 17.5 Å². The number of anilines is 1. The van der Waals surface area contributed by atoms with Gasteiger partial charge in [0.15, 0.2) is 0 Å². The van der Waals surface area contributed by atoms with E-state index < -0.39 is 0 Å². The number of aromatic nitrogens is 2. The Morgan fingerprint density at radius 3 is 2.66 bits per heavy atom. The molecule has 3 heterocycles. The second kappa shape index (κ2) is 9.26. The lowest BCUT2D eigenvalue weighted by atomic mass is 10.1. The van der Waals surface area contributed by atoms with E-state index >= 15 is 0 Å². The van der Waals surface area contributed by atoms with Gasteiger partial charge in [0, 0.05) is 18.8 Å². The Labute approximate surface area is 196 Å². The molecule has 1 saturated heterocycles.